The largest absolute Gasteiger partial charge is 0.439 e. The van der Waals surface area contributed by atoms with Gasteiger partial charge < -0.3 is 9.80 Å². The van der Waals surface area contributed by atoms with E-state index < -0.39 is 5.76 Å². The van der Waals surface area contributed by atoms with Crippen LogP contribution in [0.2, 0.25) is 0 Å². The van der Waals surface area contributed by atoms with Crippen molar-refractivity contribution in [2.24, 2.45) is 11.8 Å². The summed E-state index contributed by atoms with van der Waals surface area (Å²) in [5.74, 6) is 1.58. The Bertz CT molecular complexity index is 1720. The molecule has 2 atom stereocenters. The molecule has 2 aliphatic rings. The van der Waals surface area contributed by atoms with Gasteiger partial charge in [0.1, 0.15) is 5.82 Å². The predicted molar refractivity (Wildman–Crippen MR) is 164 cm³/mol. The lowest BCUT2D eigenvalue weighted by Crippen LogP contribution is -2.37. The molecule has 4 heterocycles. The van der Waals surface area contributed by atoms with Gasteiger partial charge in [-0.2, -0.15) is 0 Å². The minimum Gasteiger partial charge on any atom is -0.342 e. The van der Waals surface area contributed by atoms with Gasteiger partial charge in [0.2, 0.25) is 5.91 Å². The van der Waals surface area contributed by atoms with Gasteiger partial charge in [-0.1, -0.05) is 67.0 Å². The van der Waals surface area contributed by atoms with Gasteiger partial charge in [-0.05, 0) is 48.9 Å². The van der Waals surface area contributed by atoms with Crippen molar-refractivity contribution in [1.82, 2.24) is 29.5 Å². The zero-order valence-corrected chi connectivity index (χ0v) is 25.0. The average Bonchev–Trinajstić information content (AvgIpc) is 3.70. The summed E-state index contributed by atoms with van der Waals surface area (Å²) >= 11 is 0. The SMILES string of the molecule is CCCCc1nc(C)c(CC(=O)N2CC3CN(C)CC3C2)c(=O)n1Cc1ccc(-c2ccccc2-c2noc(=O)[nH]2)cc1. The number of hydrogen-bond acceptors (Lipinski definition) is 7. The number of aromatic nitrogens is 4. The van der Waals surface area contributed by atoms with Crippen molar-refractivity contribution < 1.29 is 9.32 Å². The van der Waals surface area contributed by atoms with Gasteiger partial charge in [0.15, 0.2) is 5.82 Å². The molecule has 10 heteroatoms. The van der Waals surface area contributed by atoms with E-state index in [4.69, 9.17) is 9.51 Å². The van der Waals surface area contributed by atoms with Crippen LogP contribution in [-0.2, 0) is 24.2 Å². The number of aromatic amines is 1. The maximum atomic E-state index is 14.0. The number of rotatable bonds is 9. The smallest absolute Gasteiger partial charge is 0.342 e. The van der Waals surface area contributed by atoms with Crippen LogP contribution < -0.4 is 11.3 Å². The molecule has 2 aromatic heterocycles. The lowest BCUT2D eigenvalue weighted by molar-refractivity contribution is -0.129. The van der Waals surface area contributed by atoms with E-state index in [-0.39, 0.29) is 17.9 Å². The molecule has 2 saturated heterocycles. The van der Waals surface area contributed by atoms with Crippen molar-refractivity contribution in [2.45, 2.75) is 46.1 Å². The molecule has 2 aromatic carbocycles. The number of nitrogens with one attached hydrogen (secondary N) is 1. The summed E-state index contributed by atoms with van der Waals surface area (Å²) in [6, 6.07) is 15.6. The van der Waals surface area contributed by atoms with E-state index in [0.29, 0.717) is 41.9 Å². The summed E-state index contributed by atoms with van der Waals surface area (Å²) in [5, 5.41) is 3.85. The predicted octanol–water partition coefficient (Wildman–Crippen LogP) is 3.52. The van der Waals surface area contributed by atoms with Crippen LogP contribution in [0.25, 0.3) is 22.5 Å². The molecule has 1 amide bonds. The molecule has 2 fully saturated rings. The maximum absolute atomic E-state index is 14.0. The molecular formula is C33H38N6O4. The van der Waals surface area contributed by atoms with Crippen molar-refractivity contribution >= 4 is 5.91 Å². The number of benzene rings is 2. The third-order valence-electron chi connectivity index (χ3n) is 8.88. The highest BCUT2D eigenvalue weighted by molar-refractivity contribution is 5.80. The van der Waals surface area contributed by atoms with Crippen LogP contribution in [0.4, 0.5) is 0 Å². The number of carbonyl (C=O) groups is 1. The van der Waals surface area contributed by atoms with E-state index in [1.54, 1.807) is 4.57 Å². The van der Waals surface area contributed by atoms with Crippen LogP contribution in [0.3, 0.4) is 0 Å². The first-order chi connectivity index (χ1) is 20.8. The van der Waals surface area contributed by atoms with Gasteiger partial charge in [-0.15, -0.1) is 0 Å². The molecule has 10 nitrogen and oxygen atoms in total. The van der Waals surface area contributed by atoms with E-state index >= 15 is 0 Å². The fourth-order valence-electron chi connectivity index (χ4n) is 6.60. The first kappa shape index (κ1) is 28.8. The first-order valence-corrected chi connectivity index (χ1v) is 15.1. The Hall–Kier alpha value is -4.31. The van der Waals surface area contributed by atoms with Crippen molar-refractivity contribution in [1.29, 1.82) is 0 Å². The van der Waals surface area contributed by atoms with E-state index in [1.165, 1.54) is 0 Å². The van der Waals surface area contributed by atoms with Crippen LogP contribution in [0.5, 0.6) is 0 Å². The van der Waals surface area contributed by atoms with Crippen LogP contribution >= 0.6 is 0 Å². The second kappa shape index (κ2) is 12.1. The van der Waals surface area contributed by atoms with Gasteiger partial charge in [-0.25, -0.2) is 9.78 Å². The molecule has 224 valence electrons. The van der Waals surface area contributed by atoms with Crippen molar-refractivity contribution in [2.75, 3.05) is 33.2 Å². The molecular weight excluding hydrogens is 544 g/mol. The number of fused-ring (bicyclic) bond motifs is 1. The normalized spacial score (nSPS) is 18.3. The van der Waals surface area contributed by atoms with Crippen LogP contribution in [0, 0.1) is 18.8 Å². The molecule has 0 aliphatic carbocycles. The molecule has 1 N–H and O–H groups in total. The van der Waals surface area contributed by atoms with E-state index in [0.717, 1.165) is 67.1 Å². The van der Waals surface area contributed by atoms with E-state index in [9.17, 15) is 14.4 Å². The molecule has 0 bridgehead atoms. The van der Waals surface area contributed by atoms with E-state index in [1.807, 2.05) is 60.4 Å². The molecule has 43 heavy (non-hydrogen) atoms. The number of likely N-dealkylation sites (tertiary alicyclic amines) is 2. The number of hydrogen-bond donors (Lipinski definition) is 1. The summed E-state index contributed by atoms with van der Waals surface area (Å²) in [6.45, 7) is 7.93. The number of H-pyrrole nitrogens is 1. The van der Waals surface area contributed by atoms with Gasteiger partial charge in [0.05, 0.1) is 13.0 Å². The zero-order chi connectivity index (χ0) is 30.1. The monoisotopic (exact) mass is 582 g/mol. The average molecular weight is 583 g/mol. The molecule has 0 saturated carbocycles. The Morgan fingerprint density at radius 1 is 1.00 bits per heavy atom. The molecule has 0 spiro atoms. The van der Waals surface area contributed by atoms with Crippen molar-refractivity contribution in [3.8, 4) is 22.5 Å². The Balaban J connectivity index is 1.26. The molecule has 2 aliphatic heterocycles. The maximum Gasteiger partial charge on any atom is 0.439 e. The summed E-state index contributed by atoms with van der Waals surface area (Å²) in [4.78, 5) is 50.6. The fraction of sp³-hybridized carbons (Fsp3) is 0.424. The van der Waals surface area contributed by atoms with Crippen LogP contribution in [0.15, 0.2) is 62.6 Å². The zero-order valence-electron chi connectivity index (χ0n) is 25.0. The van der Waals surface area contributed by atoms with Crippen molar-refractivity contribution in [3.05, 3.63) is 92.1 Å². The first-order valence-electron chi connectivity index (χ1n) is 15.1. The fourth-order valence-corrected chi connectivity index (χ4v) is 6.60. The highest BCUT2D eigenvalue weighted by Gasteiger charge is 2.40. The lowest BCUT2D eigenvalue weighted by atomic mass is 9.98. The summed E-state index contributed by atoms with van der Waals surface area (Å²) in [5.41, 5.74) is 4.56. The Morgan fingerprint density at radius 3 is 2.35 bits per heavy atom. The molecule has 2 unspecified atom stereocenters. The van der Waals surface area contributed by atoms with E-state index in [2.05, 4.69) is 29.0 Å². The third kappa shape index (κ3) is 5.97. The van der Waals surface area contributed by atoms with Gasteiger partial charge >= 0.3 is 5.76 Å². The van der Waals surface area contributed by atoms with Gasteiger partial charge in [-0.3, -0.25) is 23.7 Å². The topological polar surface area (TPSA) is 117 Å². The highest BCUT2D eigenvalue weighted by Crippen LogP contribution is 2.31. The Morgan fingerprint density at radius 2 is 1.70 bits per heavy atom. The number of carbonyl (C=O) groups excluding carboxylic acids is 1. The number of unbranched alkanes of at least 4 members (excludes halogenated alkanes) is 1. The third-order valence-corrected chi connectivity index (χ3v) is 8.88. The standard InChI is InChI=1S/C33H38N6O4/c1-4-5-10-29-34-21(2)28(15-30(40)38-19-24-17-37(3)18-25(24)20-38)32(41)39(29)16-22-11-13-23(14-12-22)26-8-6-7-9-27(26)31-35-33(42)43-36-31/h6-9,11-14,24-25H,4-5,10,15-20H2,1-3H3,(H,35,36,42). The quantitative estimate of drug-likeness (QED) is 0.321. The summed E-state index contributed by atoms with van der Waals surface area (Å²) in [7, 11) is 2.14. The van der Waals surface area contributed by atoms with Crippen LogP contribution in [0.1, 0.15) is 42.4 Å². The lowest BCUT2D eigenvalue weighted by Gasteiger charge is -2.21. The molecule has 0 radical (unpaired) electrons. The second-order valence-corrected chi connectivity index (χ2v) is 12.0. The number of amides is 1. The minimum absolute atomic E-state index is 0.0170. The summed E-state index contributed by atoms with van der Waals surface area (Å²) < 4.78 is 6.46. The Kier molecular flexibility index (Phi) is 8.12. The minimum atomic E-state index is -0.604. The van der Waals surface area contributed by atoms with Gasteiger partial charge in [0.25, 0.3) is 5.56 Å². The van der Waals surface area contributed by atoms with Crippen molar-refractivity contribution in [3.63, 3.8) is 0 Å². The molecule has 6 rings (SSSR count). The Labute approximate surface area is 250 Å². The summed E-state index contributed by atoms with van der Waals surface area (Å²) in [6.07, 6.45) is 2.70. The highest BCUT2D eigenvalue weighted by atomic mass is 16.5. The number of nitrogens with zero attached hydrogens (tertiary/aromatic N) is 5. The van der Waals surface area contributed by atoms with Crippen LogP contribution in [-0.4, -0.2) is 68.6 Å². The molecule has 4 aromatic rings. The van der Waals surface area contributed by atoms with Gasteiger partial charge in [0, 0.05) is 49.4 Å². The number of aryl methyl sites for hydroxylation is 2. The second-order valence-electron chi connectivity index (χ2n) is 12.0.